The predicted octanol–water partition coefficient (Wildman–Crippen LogP) is 3.69. The van der Waals surface area contributed by atoms with E-state index in [2.05, 4.69) is 66.2 Å². The van der Waals surface area contributed by atoms with E-state index in [1.165, 1.54) is 22.0 Å². The van der Waals surface area contributed by atoms with Crippen LogP contribution in [0.15, 0.2) is 60.8 Å². The standard InChI is InChI=1S/C18H20N2/c1-14-7-8-18-16(11-14)9-10-20(18)13-17(12-19)15-5-3-2-4-6-15/h2-11,17H,12-13,19H2,1H3. The van der Waals surface area contributed by atoms with Crippen molar-refractivity contribution in [2.75, 3.05) is 6.54 Å². The molecule has 0 saturated carbocycles. The Morgan fingerprint density at radius 1 is 1.05 bits per heavy atom. The van der Waals surface area contributed by atoms with E-state index >= 15 is 0 Å². The molecule has 3 rings (SSSR count). The maximum Gasteiger partial charge on any atom is 0.0480 e. The minimum atomic E-state index is 0.355. The first-order chi connectivity index (χ1) is 9.78. The summed E-state index contributed by atoms with van der Waals surface area (Å²) in [5, 5.41) is 1.30. The van der Waals surface area contributed by atoms with Crippen molar-refractivity contribution in [2.24, 2.45) is 5.73 Å². The third-order valence-electron chi connectivity index (χ3n) is 3.90. The zero-order valence-electron chi connectivity index (χ0n) is 11.8. The van der Waals surface area contributed by atoms with Crippen molar-refractivity contribution >= 4 is 10.9 Å². The molecule has 0 aliphatic carbocycles. The summed E-state index contributed by atoms with van der Waals surface area (Å²) in [4.78, 5) is 0. The van der Waals surface area contributed by atoms with E-state index in [1.807, 2.05) is 6.07 Å². The number of nitrogens with two attached hydrogens (primary N) is 1. The van der Waals surface area contributed by atoms with Crippen molar-refractivity contribution in [2.45, 2.75) is 19.4 Å². The van der Waals surface area contributed by atoms with E-state index in [0.717, 1.165) is 6.54 Å². The highest BCUT2D eigenvalue weighted by atomic mass is 15.0. The largest absolute Gasteiger partial charge is 0.347 e. The smallest absolute Gasteiger partial charge is 0.0480 e. The number of aromatic nitrogens is 1. The van der Waals surface area contributed by atoms with Crippen LogP contribution >= 0.6 is 0 Å². The Morgan fingerprint density at radius 2 is 1.85 bits per heavy atom. The van der Waals surface area contributed by atoms with Gasteiger partial charge >= 0.3 is 0 Å². The SMILES string of the molecule is Cc1ccc2c(ccn2CC(CN)c2ccccc2)c1. The fraction of sp³-hybridized carbons (Fsp3) is 0.222. The average Bonchev–Trinajstić information content (AvgIpc) is 2.87. The van der Waals surface area contributed by atoms with E-state index in [-0.39, 0.29) is 0 Å². The van der Waals surface area contributed by atoms with Crippen LogP contribution in [-0.4, -0.2) is 11.1 Å². The third kappa shape index (κ3) is 2.47. The molecule has 0 spiro atoms. The maximum atomic E-state index is 5.98. The lowest BCUT2D eigenvalue weighted by molar-refractivity contribution is 0.580. The zero-order chi connectivity index (χ0) is 13.9. The lowest BCUT2D eigenvalue weighted by Crippen LogP contribution is -2.18. The second-order valence-electron chi connectivity index (χ2n) is 5.37. The fourth-order valence-electron chi connectivity index (χ4n) is 2.76. The van der Waals surface area contributed by atoms with Crippen LogP contribution in [0.1, 0.15) is 17.0 Å². The van der Waals surface area contributed by atoms with Gasteiger partial charge in [-0.1, -0.05) is 42.0 Å². The first-order valence-corrected chi connectivity index (χ1v) is 7.08. The topological polar surface area (TPSA) is 30.9 Å². The van der Waals surface area contributed by atoms with Crippen molar-refractivity contribution in [3.8, 4) is 0 Å². The fourth-order valence-corrected chi connectivity index (χ4v) is 2.76. The van der Waals surface area contributed by atoms with Gasteiger partial charge in [-0.3, -0.25) is 0 Å². The molecule has 2 nitrogen and oxygen atoms in total. The summed E-state index contributed by atoms with van der Waals surface area (Å²) in [6, 6.07) is 19.3. The van der Waals surface area contributed by atoms with Gasteiger partial charge in [-0.05, 0) is 36.1 Å². The molecule has 102 valence electrons. The molecule has 3 aromatic rings. The molecular weight excluding hydrogens is 244 g/mol. The Kier molecular flexibility index (Phi) is 3.57. The maximum absolute atomic E-state index is 5.98. The molecule has 0 aliphatic heterocycles. The van der Waals surface area contributed by atoms with E-state index in [9.17, 15) is 0 Å². The van der Waals surface area contributed by atoms with Gasteiger partial charge in [-0.2, -0.15) is 0 Å². The highest BCUT2D eigenvalue weighted by Crippen LogP contribution is 2.22. The molecule has 1 aromatic heterocycles. The number of nitrogens with zero attached hydrogens (tertiary/aromatic N) is 1. The minimum Gasteiger partial charge on any atom is -0.347 e. The molecule has 1 unspecified atom stereocenters. The molecule has 0 amide bonds. The first kappa shape index (κ1) is 12.9. The number of hydrogen-bond acceptors (Lipinski definition) is 1. The number of aryl methyl sites for hydroxylation is 1. The molecule has 20 heavy (non-hydrogen) atoms. The monoisotopic (exact) mass is 264 g/mol. The highest BCUT2D eigenvalue weighted by molar-refractivity contribution is 5.80. The Morgan fingerprint density at radius 3 is 2.60 bits per heavy atom. The second kappa shape index (κ2) is 5.51. The van der Waals surface area contributed by atoms with Crippen LogP contribution in [0.2, 0.25) is 0 Å². The summed E-state index contributed by atoms with van der Waals surface area (Å²) in [6.07, 6.45) is 2.16. The zero-order valence-corrected chi connectivity index (χ0v) is 11.8. The number of rotatable bonds is 4. The molecule has 1 atom stereocenters. The summed E-state index contributed by atoms with van der Waals surface area (Å²) in [5.74, 6) is 0.355. The Labute approximate surface area is 119 Å². The van der Waals surface area contributed by atoms with Crippen LogP contribution in [0.25, 0.3) is 10.9 Å². The summed E-state index contributed by atoms with van der Waals surface area (Å²) in [7, 11) is 0. The highest BCUT2D eigenvalue weighted by Gasteiger charge is 2.11. The quantitative estimate of drug-likeness (QED) is 0.765. The summed E-state index contributed by atoms with van der Waals surface area (Å²) in [6.45, 7) is 3.71. The van der Waals surface area contributed by atoms with Crippen LogP contribution in [-0.2, 0) is 6.54 Å². The summed E-state index contributed by atoms with van der Waals surface area (Å²) < 4.78 is 2.30. The van der Waals surface area contributed by atoms with E-state index < -0.39 is 0 Å². The van der Waals surface area contributed by atoms with Crippen LogP contribution < -0.4 is 5.73 Å². The van der Waals surface area contributed by atoms with Crippen LogP contribution in [0.5, 0.6) is 0 Å². The van der Waals surface area contributed by atoms with Crippen molar-refractivity contribution in [3.05, 3.63) is 71.9 Å². The average molecular weight is 264 g/mol. The Balaban J connectivity index is 1.92. The van der Waals surface area contributed by atoms with Crippen LogP contribution in [0.4, 0.5) is 0 Å². The van der Waals surface area contributed by atoms with Gasteiger partial charge in [-0.15, -0.1) is 0 Å². The van der Waals surface area contributed by atoms with Gasteiger partial charge in [0.25, 0.3) is 0 Å². The normalized spacial score (nSPS) is 12.7. The molecule has 0 fully saturated rings. The molecule has 0 aliphatic rings. The van der Waals surface area contributed by atoms with Gasteiger partial charge in [0.05, 0.1) is 0 Å². The summed E-state index contributed by atoms with van der Waals surface area (Å²) in [5.41, 5.74) is 9.87. The van der Waals surface area contributed by atoms with Gasteiger partial charge in [0, 0.05) is 30.7 Å². The van der Waals surface area contributed by atoms with Crippen LogP contribution in [0, 0.1) is 6.92 Å². The van der Waals surface area contributed by atoms with Gasteiger partial charge in [-0.25, -0.2) is 0 Å². The van der Waals surface area contributed by atoms with Gasteiger partial charge in [0.15, 0.2) is 0 Å². The molecular formula is C18H20N2. The molecule has 1 heterocycles. The summed E-state index contributed by atoms with van der Waals surface area (Å²) >= 11 is 0. The lowest BCUT2D eigenvalue weighted by Gasteiger charge is -2.17. The Hall–Kier alpha value is -2.06. The number of fused-ring (bicyclic) bond motifs is 1. The molecule has 0 bridgehead atoms. The van der Waals surface area contributed by atoms with Crippen molar-refractivity contribution < 1.29 is 0 Å². The van der Waals surface area contributed by atoms with E-state index in [1.54, 1.807) is 0 Å². The Bertz CT molecular complexity index is 698. The van der Waals surface area contributed by atoms with Crippen molar-refractivity contribution in [1.82, 2.24) is 4.57 Å². The number of hydrogen-bond donors (Lipinski definition) is 1. The molecule has 2 heteroatoms. The van der Waals surface area contributed by atoms with Gasteiger partial charge < -0.3 is 10.3 Å². The minimum absolute atomic E-state index is 0.355. The molecule has 0 radical (unpaired) electrons. The van der Waals surface area contributed by atoms with Gasteiger partial charge in [0.2, 0.25) is 0 Å². The first-order valence-electron chi connectivity index (χ1n) is 7.08. The van der Waals surface area contributed by atoms with Crippen molar-refractivity contribution in [1.29, 1.82) is 0 Å². The van der Waals surface area contributed by atoms with Crippen LogP contribution in [0.3, 0.4) is 0 Å². The molecule has 2 aromatic carbocycles. The van der Waals surface area contributed by atoms with E-state index in [0.29, 0.717) is 12.5 Å². The lowest BCUT2D eigenvalue weighted by atomic mass is 9.99. The predicted molar refractivity (Wildman–Crippen MR) is 84.9 cm³/mol. The second-order valence-corrected chi connectivity index (χ2v) is 5.37. The third-order valence-corrected chi connectivity index (χ3v) is 3.90. The molecule has 2 N–H and O–H groups in total. The molecule has 0 saturated heterocycles. The van der Waals surface area contributed by atoms with E-state index in [4.69, 9.17) is 5.73 Å². The van der Waals surface area contributed by atoms with Crippen molar-refractivity contribution in [3.63, 3.8) is 0 Å². The number of benzene rings is 2. The van der Waals surface area contributed by atoms with Gasteiger partial charge in [0.1, 0.15) is 0 Å².